The van der Waals surface area contributed by atoms with Crippen LogP contribution in [0.3, 0.4) is 0 Å². The van der Waals surface area contributed by atoms with Crippen LogP contribution in [0.1, 0.15) is 25.0 Å². The number of rotatable bonds is 0. The zero-order valence-electron chi connectivity index (χ0n) is 14.0. The summed E-state index contributed by atoms with van der Waals surface area (Å²) in [5, 5.41) is 1.09. The molecule has 0 aliphatic carbocycles. The normalized spacial score (nSPS) is 23.4. The lowest BCUT2D eigenvalue weighted by Gasteiger charge is -2.44. The van der Waals surface area contributed by atoms with Crippen molar-refractivity contribution in [1.29, 1.82) is 0 Å². The van der Waals surface area contributed by atoms with E-state index in [1.807, 2.05) is 18.2 Å². The fraction of sp³-hybridized carbons (Fsp3) is 0.238. The highest BCUT2D eigenvalue weighted by Gasteiger charge is 2.58. The molecule has 0 saturated carbocycles. The van der Waals surface area contributed by atoms with E-state index in [0.29, 0.717) is 5.95 Å². The molecule has 1 spiro atoms. The molecule has 1 aromatic heterocycles. The number of para-hydroxylation sites is 2. The van der Waals surface area contributed by atoms with Gasteiger partial charge in [-0.05, 0) is 43.7 Å². The molecule has 0 N–H and O–H groups in total. The average molecular weight is 317 g/mol. The molecule has 120 valence electrons. The molecule has 5 rings (SSSR count). The number of hydrogen-bond acceptors (Lipinski definition) is 3. The summed E-state index contributed by atoms with van der Waals surface area (Å²) < 4.78 is 12.6. The lowest BCUT2D eigenvalue weighted by Crippen LogP contribution is -2.58. The summed E-state index contributed by atoms with van der Waals surface area (Å²) in [5.41, 5.74) is 3.59. The maximum atomic E-state index is 6.55. The second-order valence-electron chi connectivity index (χ2n) is 7.13. The quantitative estimate of drug-likeness (QED) is 0.586. The van der Waals surface area contributed by atoms with Gasteiger partial charge in [-0.2, -0.15) is 0 Å². The summed E-state index contributed by atoms with van der Waals surface area (Å²) in [6.07, 6.45) is 4.33. The van der Waals surface area contributed by atoms with Crippen molar-refractivity contribution in [3.63, 3.8) is 0 Å². The Balaban J connectivity index is 1.72. The Morgan fingerprint density at radius 3 is 2.54 bits per heavy atom. The molecular weight excluding hydrogens is 298 g/mol. The highest BCUT2D eigenvalue weighted by Crippen LogP contribution is 2.54. The lowest BCUT2D eigenvalue weighted by molar-refractivity contribution is 0.0356. The summed E-state index contributed by atoms with van der Waals surface area (Å²) in [6.45, 7) is 4.46. The van der Waals surface area contributed by atoms with Gasteiger partial charge in [-0.15, -0.1) is 0 Å². The van der Waals surface area contributed by atoms with Crippen molar-refractivity contribution >= 4 is 22.7 Å². The highest BCUT2D eigenvalue weighted by molar-refractivity contribution is 5.91. The van der Waals surface area contributed by atoms with Gasteiger partial charge in [0.15, 0.2) is 0 Å². The standard InChI is InChI=1S/C21H19NO2/c1-20(2)16-9-5-6-10-17(16)22(3)21(20)13-12-15-14-8-4-7-11-18(14)23-19(15)24-21/h4-13H,1-3H3. The van der Waals surface area contributed by atoms with Crippen LogP contribution in [0, 0.1) is 0 Å². The van der Waals surface area contributed by atoms with Crippen LogP contribution < -0.4 is 9.64 Å². The van der Waals surface area contributed by atoms with Crippen LogP contribution in [-0.4, -0.2) is 12.8 Å². The number of fused-ring (bicyclic) bond motifs is 4. The average Bonchev–Trinajstić information content (AvgIpc) is 3.04. The first-order valence-electron chi connectivity index (χ1n) is 8.28. The molecule has 0 saturated heterocycles. The van der Waals surface area contributed by atoms with Crippen molar-refractivity contribution in [2.24, 2.45) is 0 Å². The van der Waals surface area contributed by atoms with Gasteiger partial charge in [0, 0.05) is 18.1 Å². The molecule has 1 unspecified atom stereocenters. The van der Waals surface area contributed by atoms with E-state index in [1.54, 1.807) is 0 Å². The first-order valence-corrected chi connectivity index (χ1v) is 8.28. The van der Waals surface area contributed by atoms with E-state index in [1.165, 1.54) is 11.3 Å². The highest BCUT2D eigenvalue weighted by atomic mass is 16.6. The van der Waals surface area contributed by atoms with E-state index >= 15 is 0 Å². The Bertz CT molecular complexity index is 998. The second kappa shape index (κ2) is 4.23. The molecule has 1 atom stereocenters. The molecule has 0 bridgehead atoms. The van der Waals surface area contributed by atoms with Gasteiger partial charge in [0.25, 0.3) is 5.95 Å². The Labute approximate surface area is 141 Å². The molecule has 3 nitrogen and oxygen atoms in total. The van der Waals surface area contributed by atoms with Crippen LogP contribution >= 0.6 is 0 Å². The third kappa shape index (κ3) is 1.43. The summed E-state index contributed by atoms with van der Waals surface area (Å²) in [5.74, 6) is 0.603. The summed E-state index contributed by atoms with van der Waals surface area (Å²) in [4.78, 5) is 2.22. The van der Waals surface area contributed by atoms with Crippen LogP contribution in [0.2, 0.25) is 0 Å². The summed E-state index contributed by atoms with van der Waals surface area (Å²) >= 11 is 0. The van der Waals surface area contributed by atoms with Crippen LogP contribution in [-0.2, 0) is 5.41 Å². The van der Waals surface area contributed by atoms with Gasteiger partial charge in [0.1, 0.15) is 5.58 Å². The van der Waals surface area contributed by atoms with E-state index < -0.39 is 5.72 Å². The molecule has 24 heavy (non-hydrogen) atoms. The Kier molecular flexibility index (Phi) is 2.42. The van der Waals surface area contributed by atoms with Gasteiger partial charge in [-0.3, -0.25) is 0 Å². The van der Waals surface area contributed by atoms with Gasteiger partial charge in [-0.25, -0.2) is 0 Å². The first-order chi connectivity index (χ1) is 11.5. The van der Waals surface area contributed by atoms with Gasteiger partial charge < -0.3 is 14.1 Å². The number of benzene rings is 2. The van der Waals surface area contributed by atoms with Gasteiger partial charge in [-0.1, -0.05) is 36.4 Å². The number of ether oxygens (including phenoxy) is 1. The molecule has 3 aromatic rings. The number of nitrogens with zero attached hydrogens (tertiary/aromatic N) is 1. The SMILES string of the molecule is CN1c2ccccc2C(C)(C)C12C=Cc1c(oc3ccccc13)O2. The molecule has 2 aromatic carbocycles. The maximum absolute atomic E-state index is 6.55. The second-order valence-corrected chi connectivity index (χ2v) is 7.13. The van der Waals surface area contributed by atoms with Crippen molar-refractivity contribution in [3.05, 3.63) is 65.7 Å². The molecular formula is C21H19NO2. The summed E-state index contributed by atoms with van der Waals surface area (Å²) in [6, 6.07) is 16.6. The van der Waals surface area contributed by atoms with Gasteiger partial charge in [0.2, 0.25) is 5.72 Å². The predicted octanol–water partition coefficient (Wildman–Crippen LogP) is 4.96. The number of anilines is 1. The van der Waals surface area contributed by atoms with Crippen LogP contribution in [0.25, 0.3) is 17.0 Å². The largest absolute Gasteiger partial charge is 0.433 e. The van der Waals surface area contributed by atoms with E-state index in [0.717, 1.165) is 16.5 Å². The maximum Gasteiger partial charge on any atom is 0.295 e. The molecule has 3 heterocycles. The van der Waals surface area contributed by atoms with E-state index in [2.05, 4.69) is 68.3 Å². The van der Waals surface area contributed by atoms with Crippen LogP contribution in [0.4, 0.5) is 5.69 Å². The lowest BCUT2D eigenvalue weighted by atomic mass is 9.76. The zero-order chi connectivity index (χ0) is 16.5. The minimum Gasteiger partial charge on any atom is -0.433 e. The van der Waals surface area contributed by atoms with Crippen molar-refractivity contribution in [2.45, 2.75) is 25.0 Å². The predicted molar refractivity (Wildman–Crippen MR) is 96.5 cm³/mol. The Hall–Kier alpha value is -2.68. The van der Waals surface area contributed by atoms with Crippen LogP contribution in [0.5, 0.6) is 5.95 Å². The van der Waals surface area contributed by atoms with Crippen molar-refractivity contribution in [1.82, 2.24) is 0 Å². The van der Waals surface area contributed by atoms with Crippen molar-refractivity contribution in [2.75, 3.05) is 11.9 Å². The first kappa shape index (κ1) is 13.7. The fourth-order valence-corrected chi connectivity index (χ4v) is 4.25. The molecule has 2 aliphatic rings. The zero-order valence-corrected chi connectivity index (χ0v) is 14.0. The van der Waals surface area contributed by atoms with Gasteiger partial charge in [0.05, 0.1) is 11.0 Å². The monoisotopic (exact) mass is 317 g/mol. The molecule has 3 heteroatoms. The van der Waals surface area contributed by atoms with E-state index in [-0.39, 0.29) is 5.41 Å². The smallest absolute Gasteiger partial charge is 0.295 e. The minimum absolute atomic E-state index is 0.203. The molecule has 0 fully saturated rings. The third-order valence-electron chi connectivity index (χ3n) is 5.66. The Morgan fingerprint density at radius 1 is 0.958 bits per heavy atom. The molecule has 2 aliphatic heterocycles. The van der Waals surface area contributed by atoms with Crippen LogP contribution in [0.15, 0.2) is 59.0 Å². The van der Waals surface area contributed by atoms with Crippen molar-refractivity contribution < 1.29 is 9.15 Å². The van der Waals surface area contributed by atoms with Gasteiger partial charge >= 0.3 is 0 Å². The summed E-state index contributed by atoms with van der Waals surface area (Å²) in [7, 11) is 2.09. The van der Waals surface area contributed by atoms with E-state index in [9.17, 15) is 0 Å². The number of hydrogen-bond donors (Lipinski definition) is 0. The Morgan fingerprint density at radius 2 is 1.71 bits per heavy atom. The fourth-order valence-electron chi connectivity index (χ4n) is 4.25. The number of likely N-dealkylation sites (N-methyl/N-ethyl adjacent to an activating group) is 1. The number of furan rings is 1. The molecule has 0 radical (unpaired) electrons. The third-order valence-corrected chi connectivity index (χ3v) is 5.66. The topological polar surface area (TPSA) is 25.6 Å². The molecule has 0 amide bonds. The van der Waals surface area contributed by atoms with Crippen molar-refractivity contribution in [3.8, 4) is 5.95 Å². The van der Waals surface area contributed by atoms with E-state index in [4.69, 9.17) is 9.15 Å². The minimum atomic E-state index is -0.586.